The van der Waals surface area contributed by atoms with Crippen LogP contribution in [0.2, 0.25) is 0 Å². The molecule has 0 radical (unpaired) electrons. The molecular weight excluding hydrogens is 450 g/mol. The standard InChI is InChI=1S/C29H19N5O2/c35-27-28(36)34(24-19-11-10-18-23(24)33(27)22-16-8-3-9-17-22)29-31-25(20-12-4-1-5-13-20)30-26(32-29)21-14-6-2-7-15-21/h1-19H. The van der Waals surface area contributed by atoms with Crippen LogP contribution in [-0.4, -0.2) is 24.1 Å². The first-order valence-electron chi connectivity index (χ1n) is 11.4. The van der Waals surface area contributed by atoms with Crippen molar-refractivity contribution in [1.29, 1.82) is 0 Å². The fourth-order valence-corrected chi connectivity index (χ4v) is 4.18. The SMILES string of the molecule is O=c1c(=O)n(-c2nc(-c3ccccc3)nc(-c3ccccc3)n2)c2ccccc2n1-c1ccccc1. The fourth-order valence-electron chi connectivity index (χ4n) is 4.18. The highest BCUT2D eigenvalue weighted by Crippen LogP contribution is 2.23. The molecule has 7 heteroatoms. The Bertz CT molecular complexity index is 1760. The Hall–Kier alpha value is -5.17. The molecule has 0 atom stereocenters. The number of aromatic nitrogens is 5. The molecule has 0 aliphatic carbocycles. The molecule has 0 aliphatic rings. The van der Waals surface area contributed by atoms with Crippen LogP contribution in [0.3, 0.4) is 0 Å². The van der Waals surface area contributed by atoms with Gasteiger partial charge in [-0.2, -0.15) is 9.97 Å². The van der Waals surface area contributed by atoms with E-state index >= 15 is 0 Å². The van der Waals surface area contributed by atoms with E-state index in [1.807, 2.05) is 91.0 Å². The minimum Gasteiger partial charge on any atom is -0.271 e. The van der Waals surface area contributed by atoms with E-state index in [9.17, 15) is 9.59 Å². The van der Waals surface area contributed by atoms with E-state index in [1.54, 1.807) is 24.3 Å². The summed E-state index contributed by atoms with van der Waals surface area (Å²) >= 11 is 0. The molecule has 0 unspecified atom stereocenters. The average molecular weight is 470 g/mol. The van der Waals surface area contributed by atoms with Crippen LogP contribution >= 0.6 is 0 Å². The van der Waals surface area contributed by atoms with Gasteiger partial charge in [-0.25, -0.2) is 9.55 Å². The predicted molar refractivity (Wildman–Crippen MR) is 139 cm³/mol. The predicted octanol–water partition coefficient (Wildman–Crippen LogP) is 4.66. The zero-order valence-corrected chi connectivity index (χ0v) is 19.0. The lowest BCUT2D eigenvalue weighted by atomic mass is 10.2. The second-order valence-electron chi connectivity index (χ2n) is 8.12. The summed E-state index contributed by atoms with van der Waals surface area (Å²) in [5.74, 6) is 0.895. The maximum atomic E-state index is 13.6. The summed E-state index contributed by atoms with van der Waals surface area (Å²) in [4.78, 5) is 41.0. The molecular formula is C29H19N5O2. The molecule has 4 aromatic carbocycles. The minimum atomic E-state index is -0.748. The summed E-state index contributed by atoms with van der Waals surface area (Å²) in [6.45, 7) is 0. The lowest BCUT2D eigenvalue weighted by Crippen LogP contribution is -2.41. The summed E-state index contributed by atoms with van der Waals surface area (Å²) in [6, 6.07) is 35.3. The van der Waals surface area contributed by atoms with E-state index < -0.39 is 11.1 Å². The van der Waals surface area contributed by atoms with E-state index in [4.69, 9.17) is 0 Å². The molecule has 36 heavy (non-hydrogen) atoms. The molecule has 6 aromatic rings. The minimum absolute atomic E-state index is 0.0845. The fraction of sp³-hybridized carbons (Fsp3) is 0. The smallest absolute Gasteiger partial charge is 0.271 e. The molecule has 0 amide bonds. The van der Waals surface area contributed by atoms with Crippen LogP contribution in [-0.2, 0) is 0 Å². The highest BCUT2D eigenvalue weighted by atomic mass is 16.2. The summed E-state index contributed by atoms with van der Waals surface area (Å²) in [6.07, 6.45) is 0. The molecule has 2 aromatic heterocycles. The normalized spacial score (nSPS) is 11.0. The average Bonchev–Trinajstić information content (AvgIpc) is 2.95. The van der Waals surface area contributed by atoms with E-state index in [1.165, 1.54) is 9.13 Å². The number of fused-ring (bicyclic) bond motifs is 1. The van der Waals surface area contributed by atoms with Gasteiger partial charge in [-0.1, -0.05) is 91.0 Å². The first-order chi connectivity index (χ1) is 17.7. The molecule has 0 bridgehead atoms. The largest absolute Gasteiger partial charge is 0.324 e. The van der Waals surface area contributed by atoms with Crippen LogP contribution in [0.4, 0.5) is 0 Å². The Morgan fingerprint density at radius 1 is 0.444 bits per heavy atom. The van der Waals surface area contributed by atoms with Gasteiger partial charge in [-0.05, 0) is 24.3 Å². The highest BCUT2D eigenvalue weighted by Gasteiger charge is 2.19. The Morgan fingerprint density at radius 3 is 1.39 bits per heavy atom. The topological polar surface area (TPSA) is 82.7 Å². The number of hydrogen-bond acceptors (Lipinski definition) is 5. The van der Waals surface area contributed by atoms with Crippen LogP contribution in [0.5, 0.6) is 0 Å². The van der Waals surface area contributed by atoms with Gasteiger partial charge in [0.2, 0.25) is 5.95 Å². The van der Waals surface area contributed by atoms with E-state index in [0.29, 0.717) is 28.4 Å². The third kappa shape index (κ3) is 3.69. The van der Waals surface area contributed by atoms with Crippen molar-refractivity contribution in [2.45, 2.75) is 0 Å². The molecule has 6 rings (SSSR count). The molecule has 0 saturated carbocycles. The van der Waals surface area contributed by atoms with Crippen LogP contribution in [0.25, 0.3) is 45.4 Å². The van der Waals surface area contributed by atoms with Gasteiger partial charge in [0, 0.05) is 16.8 Å². The number of benzene rings is 4. The molecule has 7 nitrogen and oxygen atoms in total. The van der Waals surface area contributed by atoms with Gasteiger partial charge in [0.25, 0.3) is 0 Å². The zero-order valence-electron chi connectivity index (χ0n) is 19.0. The van der Waals surface area contributed by atoms with Gasteiger partial charge in [-0.15, -0.1) is 0 Å². The van der Waals surface area contributed by atoms with Crippen molar-refractivity contribution in [3.63, 3.8) is 0 Å². The molecule has 0 saturated heterocycles. The van der Waals surface area contributed by atoms with Crippen molar-refractivity contribution in [2.75, 3.05) is 0 Å². The van der Waals surface area contributed by atoms with E-state index in [2.05, 4.69) is 15.0 Å². The number of rotatable bonds is 4. The van der Waals surface area contributed by atoms with Crippen LogP contribution in [0.15, 0.2) is 125 Å². The maximum Gasteiger partial charge on any atom is 0.324 e. The molecule has 172 valence electrons. The Labute approximate surface area is 205 Å². The molecule has 2 heterocycles. The zero-order chi connectivity index (χ0) is 24.5. The Balaban J connectivity index is 1.69. The van der Waals surface area contributed by atoms with Crippen molar-refractivity contribution < 1.29 is 0 Å². The highest BCUT2D eigenvalue weighted by molar-refractivity contribution is 5.78. The number of para-hydroxylation sites is 3. The van der Waals surface area contributed by atoms with Gasteiger partial charge in [0.15, 0.2) is 11.6 Å². The summed E-state index contributed by atoms with van der Waals surface area (Å²) in [7, 11) is 0. The lowest BCUT2D eigenvalue weighted by molar-refractivity contribution is 0.854. The maximum absolute atomic E-state index is 13.6. The van der Waals surface area contributed by atoms with Crippen LogP contribution in [0, 0.1) is 0 Å². The van der Waals surface area contributed by atoms with Gasteiger partial charge < -0.3 is 0 Å². The molecule has 0 spiro atoms. The third-order valence-corrected chi connectivity index (χ3v) is 5.85. The van der Waals surface area contributed by atoms with E-state index in [-0.39, 0.29) is 5.95 Å². The summed E-state index contributed by atoms with van der Waals surface area (Å²) < 4.78 is 2.70. The number of hydrogen-bond donors (Lipinski definition) is 0. The third-order valence-electron chi connectivity index (χ3n) is 5.85. The summed E-state index contributed by atoms with van der Waals surface area (Å²) in [5.41, 5.74) is 1.78. The summed E-state index contributed by atoms with van der Waals surface area (Å²) in [5, 5.41) is 0. The van der Waals surface area contributed by atoms with E-state index in [0.717, 1.165) is 11.1 Å². The van der Waals surface area contributed by atoms with Gasteiger partial charge in [0.05, 0.1) is 11.0 Å². The van der Waals surface area contributed by atoms with Crippen LogP contribution in [0.1, 0.15) is 0 Å². The van der Waals surface area contributed by atoms with Crippen molar-refractivity contribution >= 4 is 11.0 Å². The number of nitrogens with zero attached hydrogens (tertiary/aromatic N) is 5. The second-order valence-corrected chi connectivity index (χ2v) is 8.12. The molecule has 0 aliphatic heterocycles. The Kier molecular flexibility index (Phi) is 5.27. The second kappa shape index (κ2) is 8.88. The van der Waals surface area contributed by atoms with Gasteiger partial charge in [0.1, 0.15) is 0 Å². The first-order valence-corrected chi connectivity index (χ1v) is 11.4. The van der Waals surface area contributed by atoms with Crippen molar-refractivity contribution in [1.82, 2.24) is 24.1 Å². The van der Waals surface area contributed by atoms with Gasteiger partial charge >= 0.3 is 11.1 Å². The van der Waals surface area contributed by atoms with Crippen molar-refractivity contribution in [3.05, 3.63) is 136 Å². The first kappa shape index (κ1) is 21.4. The van der Waals surface area contributed by atoms with Gasteiger partial charge in [-0.3, -0.25) is 14.2 Å². The quantitative estimate of drug-likeness (QED) is 0.351. The van der Waals surface area contributed by atoms with Crippen molar-refractivity contribution in [3.8, 4) is 34.4 Å². The van der Waals surface area contributed by atoms with Crippen LogP contribution < -0.4 is 11.1 Å². The lowest BCUT2D eigenvalue weighted by Gasteiger charge is -2.15. The van der Waals surface area contributed by atoms with Crippen molar-refractivity contribution in [2.24, 2.45) is 0 Å². The Morgan fingerprint density at radius 2 is 0.861 bits per heavy atom. The monoisotopic (exact) mass is 469 g/mol. The molecule has 0 fully saturated rings. The molecule has 0 N–H and O–H groups in total.